The minimum atomic E-state index is -5.01. The monoisotopic (exact) mass is 1030 g/mol. The molecular formula is C46H40ClF11N8O5. The van der Waals surface area contributed by atoms with E-state index in [4.69, 9.17) is 0 Å². The lowest BCUT2D eigenvalue weighted by Crippen LogP contribution is -2.48. The Kier molecular flexibility index (Phi) is 16.9. The Hall–Kier alpha value is -6.95. The van der Waals surface area contributed by atoms with E-state index in [-0.39, 0.29) is 85.5 Å². The number of likely N-dealkylation sites (tertiary alicyclic amines) is 1. The predicted molar refractivity (Wildman–Crippen MR) is 233 cm³/mol. The summed E-state index contributed by atoms with van der Waals surface area (Å²) in [6.07, 6.45) is -13.3. The fourth-order valence-corrected chi connectivity index (χ4v) is 7.69. The SMILES string of the molecule is Cl.O=C(C1CCN(C(=O)C(F)(F)F)CC1)N(Cc1ccc(-c2nnc(C(F)(F)F)o2)cc1F)c1ccccc1.O=C(C1CCNCC1)N(Cc1ccc(-c2nnc(C(F)(F)F)o2)cc1F)c1ccccc1. The number of piperidine rings is 2. The van der Waals surface area contributed by atoms with Crippen LogP contribution < -0.4 is 15.1 Å². The van der Waals surface area contributed by atoms with Gasteiger partial charge in [0.15, 0.2) is 0 Å². The fourth-order valence-electron chi connectivity index (χ4n) is 7.69. The second-order valence-corrected chi connectivity index (χ2v) is 16.0. The van der Waals surface area contributed by atoms with Crippen molar-refractivity contribution in [1.82, 2.24) is 30.6 Å². The Morgan fingerprint density at radius 1 is 0.577 bits per heavy atom. The molecule has 0 unspecified atom stereocenters. The predicted octanol–water partition coefficient (Wildman–Crippen LogP) is 10.1. The highest BCUT2D eigenvalue weighted by Crippen LogP contribution is 2.34. The van der Waals surface area contributed by atoms with Crippen LogP contribution >= 0.6 is 12.4 Å². The van der Waals surface area contributed by atoms with E-state index >= 15 is 4.39 Å². The molecule has 2 aromatic heterocycles. The molecule has 378 valence electrons. The summed E-state index contributed by atoms with van der Waals surface area (Å²) in [4.78, 5) is 41.6. The molecule has 1 N–H and O–H groups in total. The second-order valence-electron chi connectivity index (χ2n) is 16.0. The topological polar surface area (TPSA) is 151 Å². The Labute approximate surface area is 402 Å². The molecule has 3 amide bonds. The molecule has 8 rings (SSSR count). The second kappa shape index (κ2) is 22.4. The first kappa shape index (κ1) is 53.4. The van der Waals surface area contributed by atoms with E-state index in [1.807, 2.05) is 6.07 Å². The number of aromatic nitrogens is 4. The summed E-state index contributed by atoms with van der Waals surface area (Å²) in [5.74, 6) is -9.01. The maximum atomic E-state index is 15.0. The first-order chi connectivity index (χ1) is 33.2. The third kappa shape index (κ3) is 13.3. The lowest BCUT2D eigenvalue weighted by Gasteiger charge is -2.34. The van der Waals surface area contributed by atoms with Crippen LogP contribution in [0.3, 0.4) is 0 Å². The number of nitrogens with zero attached hydrogens (tertiary/aromatic N) is 7. The van der Waals surface area contributed by atoms with Crippen molar-refractivity contribution < 1.29 is 71.5 Å². The number of anilines is 2. The molecule has 13 nitrogen and oxygen atoms in total. The molecule has 0 spiro atoms. The number of hydrogen-bond donors (Lipinski definition) is 1. The highest BCUT2D eigenvalue weighted by molar-refractivity contribution is 5.96. The molecule has 0 saturated carbocycles. The van der Waals surface area contributed by atoms with Gasteiger partial charge in [-0.2, -0.15) is 39.5 Å². The van der Waals surface area contributed by atoms with Crippen LogP contribution in [0.1, 0.15) is 48.6 Å². The van der Waals surface area contributed by atoms with Gasteiger partial charge in [-0.1, -0.05) is 48.5 Å². The normalized spacial score (nSPS) is 14.8. The first-order valence-corrected chi connectivity index (χ1v) is 21.4. The number of para-hydroxylation sites is 2. The standard InChI is InChI=1S/C24H19F7N4O3.C22H20F4N4O2.ClH/c25-18-12-15(19-32-33-21(38-19)23(26,27)28)6-7-16(18)13-35(17-4-2-1-3-5-17)20(36)14-8-10-34(11-9-14)22(37)24(29,30)31;23-18-12-15(19-28-29-21(32-19)22(24,25)26)6-7-16(18)13-30(17-4-2-1-3-5-17)20(31)14-8-10-27-11-9-14;/h1-7,12,14H,8-11,13H2;1-7,12,14,27H,8-11,13H2;1H. The van der Waals surface area contributed by atoms with E-state index in [2.05, 4.69) is 34.5 Å². The largest absolute Gasteiger partial charge is 0.471 e. The Balaban J connectivity index is 0.000000232. The van der Waals surface area contributed by atoms with E-state index in [1.54, 1.807) is 59.5 Å². The zero-order valence-electron chi connectivity index (χ0n) is 36.7. The average Bonchev–Trinajstić information content (AvgIpc) is 4.06. The third-order valence-corrected chi connectivity index (χ3v) is 11.3. The van der Waals surface area contributed by atoms with Crippen molar-refractivity contribution in [2.45, 2.75) is 57.3 Å². The van der Waals surface area contributed by atoms with Crippen LogP contribution in [-0.2, 0) is 39.8 Å². The third-order valence-electron chi connectivity index (χ3n) is 11.3. The zero-order valence-corrected chi connectivity index (χ0v) is 37.5. The van der Waals surface area contributed by atoms with Crippen molar-refractivity contribution in [1.29, 1.82) is 0 Å². The highest BCUT2D eigenvalue weighted by atomic mass is 35.5. The quantitative estimate of drug-likeness (QED) is 0.131. The van der Waals surface area contributed by atoms with Crippen LogP contribution in [0.25, 0.3) is 22.9 Å². The Morgan fingerprint density at radius 3 is 1.32 bits per heavy atom. The number of carbonyl (C=O) groups excluding carboxylic acids is 3. The van der Waals surface area contributed by atoms with Crippen LogP contribution in [0.15, 0.2) is 106 Å². The van der Waals surface area contributed by atoms with E-state index in [9.17, 15) is 58.3 Å². The van der Waals surface area contributed by atoms with Crippen molar-refractivity contribution in [2.75, 3.05) is 36.0 Å². The number of benzene rings is 4. The number of alkyl halides is 9. The van der Waals surface area contributed by atoms with Gasteiger partial charge in [-0.05, 0) is 87.3 Å². The van der Waals surface area contributed by atoms with Crippen LogP contribution in [0.2, 0.25) is 0 Å². The molecule has 0 bridgehead atoms. The smallest absolute Gasteiger partial charge is 0.413 e. The molecule has 6 aromatic rings. The molecule has 2 saturated heterocycles. The van der Waals surface area contributed by atoms with Gasteiger partial charge in [0.25, 0.3) is 0 Å². The van der Waals surface area contributed by atoms with Gasteiger partial charge in [0, 0.05) is 58.6 Å². The number of hydrogen-bond acceptors (Lipinski definition) is 10. The van der Waals surface area contributed by atoms with Crippen LogP contribution in [-0.4, -0.2) is 75.4 Å². The van der Waals surface area contributed by atoms with Gasteiger partial charge >= 0.3 is 36.2 Å². The lowest BCUT2D eigenvalue weighted by atomic mass is 9.94. The number of amides is 3. The summed E-state index contributed by atoms with van der Waals surface area (Å²) in [6.45, 7) is 0.679. The summed E-state index contributed by atoms with van der Waals surface area (Å²) in [7, 11) is 0. The van der Waals surface area contributed by atoms with E-state index in [0.717, 1.165) is 25.2 Å². The molecule has 2 fully saturated rings. The molecule has 25 heteroatoms. The number of halogens is 12. The zero-order chi connectivity index (χ0) is 50.4. The molecule has 2 aliphatic rings. The van der Waals surface area contributed by atoms with Gasteiger partial charge in [-0.15, -0.1) is 32.8 Å². The summed E-state index contributed by atoms with van der Waals surface area (Å²) >= 11 is 0. The minimum Gasteiger partial charge on any atom is -0.413 e. The summed E-state index contributed by atoms with van der Waals surface area (Å²) in [5.41, 5.74) is 1.20. The highest BCUT2D eigenvalue weighted by Gasteiger charge is 2.44. The molecule has 0 aliphatic carbocycles. The molecule has 2 aliphatic heterocycles. The molecule has 0 radical (unpaired) electrons. The minimum absolute atomic E-state index is 0. The Morgan fingerprint density at radius 2 is 0.972 bits per heavy atom. The van der Waals surface area contributed by atoms with E-state index in [0.29, 0.717) is 29.1 Å². The van der Waals surface area contributed by atoms with Crippen molar-refractivity contribution in [3.05, 3.63) is 132 Å². The van der Waals surface area contributed by atoms with Gasteiger partial charge in [0.05, 0.1) is 13.1 Å². The molecule has 71 heavy (non-hydrogen) atoms. The molecule has 4 heterocycles. The lowest BCUT2D eigenvalue weighted by molar-refractivity contribution is -0.186. The van der Waals surface area contributed by atoms with Gasteiger partial charge in [-0.3, -0.25) is 14.4 Å². The van der Waals surface area contributed by atoms with Crippen LogP contribution in [0.4, 0.5) is 59.7 Å². The van der Waals surface area contributed by atoms with Crippen molar-refractivity contribution >= 4 is 41.5 Å². The van der Waals surface area contributed by atoms with Crippen LogP contribution in [0.5, 0.6) is 0 Å². The maximum absolute atomic E-state index is 15.0. The van der Waals surface area contributed by atoms with Crippen molar-refractivity contribution in [2.24, 2.45) is 11.8 Å². The number of carbonyl (C=O) groups is 3. The van der Waals surface area contributed by atoms with E-state index in [1.165, 1.54) is 29.2 Å². The first-order valence-electron chi connectivity index (χ1n) is 21.4. The van der Waals surface area contributed by atoms with Gasteiger partial charge in [-0.25, -0.2) is 8.78 Å². The molecule has 4 aromatic carbocycles. The van der Waals surface area contributed by atoms with Gasteiger partial charge in [0.1, 0.15) is 11.6 Å². The maximum Gasteiger partial charge on any atom is 0.471 e. The van der Waals surface area contributed by atoms with Crippen molar-refractivity contribution in [3.8, 4) is 22.9 Å². The van der Waals surface area contributed by atoms with Crippen molar-refractivity contribution in [3.63, 3.8) is 0 Å². The summed E-state index contributed by atoms with van der Waals surface area (Å²) in [5, 5.41) is 15.7. The van der Waals surface area contributed by atoms with Gasteiger partial charge < -0.3 is 28.9 Å². The average molecular weight is 1030 g/mol. The molecule has 0 atom stereocenters. The summed E-state index contributed by atoms with van der Waals surface area (Å²) < 4.78 is 154. The number of rotatable bonds is 10. The Bertz CT molecular complexity index is 2760. The van der Waals surface area contributed by atoms with E-state index < -0.39 is 71.5 Å². The van der Waals surface area contributed by atoms with Crippen LogP contribution in [0, 0.1) is 23.5 Å². The fraction of sp³-hybridized carbons (Fsp3) is 0.326. The van der Waals surface area contributed by atoms with Gasteiger partial charge in [0.2, 0.25) is 23.6 Å². The number of nitrogens with one attached hydrogen (secondary N) is 1. The summed E-state index contributed by atoms with van der Waals surface area (Å²) in [6, 6.07) is 24.4. The molecular weight excluding hydrogens is 989 g/mol.